The van der Waals surface area contributed by atoms with Gasteiger partial charge < -0.3 is 14.0 Å². The van der Waals surface area contributed by atoms with E-state index in [1.807, 2.05) is 50.2 Å². The Morgan fingerprint density at radius 3 is 2.35 bits per heavy atom. The van der Waals surface area contributed by atoms with Gasteiger partial charge in [0.15, 0.2) is 0 Å². The molecule has 0 fully saturated rings. The predicted octanol–water partition coefficient (Wildman–Crippen LogP) is 4.75. The Kier molecular flexibility index (Phi) is 2.98. The Morgan fingerprint density at radius 2 is 1.61 bits per heavy atom. The lowest BCUT2D eigenvalue weighted by atomic mass is 10.0. The highest BCUT2D eigenvalue weighted by atomic mass is 16.5. The maximum Gasteiger partial charge on any atom is 0.256 e. The Balaban J connectivity index is 2.17. The molecule has 0 unspecified atom stereocenters. The van der Waals surface area contributed by atoms with Gasteiger partial charge in [0.05, 0.1) is 0 Å². The number of hydrogen-bond donors (Lipinski definition) is 1. The quantitative estimate of drug-likeness (QED) is 0.407. The minimum absolute atomic E-state index is 0.163. The van der Waals surface area contributed by atoms with Crippen molar-refractivity contribution in [3.8, 4) is 11.1 Å². The molecular weight excluding hydrogens is 290 g/mol. The standard InChI is InChI=1S/C19H15NO3/c1-11-12(2)22-17-10-18-16(8-14(11)17)15(9-19(20-21)23-18)13-6-4-3-5-7-13/h3-10,21H,1-2H3. The molecule has 23 heavy (non-hydrogen) atoms. The third kappa shape index (κ3) is 2.11. The van der Waals surface area contributed by atoms with E-state index in [2.05, 4.69) is 11.2 Å². The van der Waals surface area contributed by atoms with Crippen LogP contribution in [-0.2, 0) is 0 Å². The van der Waals surface area contributed by atoms with Crippen LogP contribution in [0.1, 0.15) is 11.3 Å². The summed E-state index contributed by atoms with van der Waals surface area (Å²) in [5.41, 5.74) is 4.67. The van der Waals surface area contributed by atoms with Gasteiger partial charge in [0.2, 0.25) is 0 Å². The number of fused-ring (bicyclic) bond motifs is 2. The second-order valence-corrected chi connectivity index (χ2v) is 5.59. The van der Waals surface area contributed by atoms with E-state index < -0.39 is 0 Å². The van der Waals surface area contributed by atoms with E-state index in [1.54, 1.807) is 6.07 Å². The van der Waals surface area contributed by atoms with Crippen molar-refractivity contribution in [2.45, 2.75) is 13.8 Å². The maximum absolute atomic E-state index is 9.14. The molecule has 2 heterocycles. The van der Waals surface area contributed by atoms with Crippen LogP contribution in [0.4, 0.5) is 0 Å². The Bertz CT molecular complexity index is 1090. The first-order valence-electron chi connectivity index (χ1n) is 7.38. The van der Waals surface area contributed by atoms with Crippen LogP contribution in [0.15, 0.2) is 62.5 Å². The fourth-order valence-corrected chi connectivity index (χ4v) is 2.91. The van der Waals surface area contributed by atoms with Crippen molar-refractivity contribution in [1.82, 2.24) is 0 Å². The van der Waals surface area contributed by atoms with Crippen LogP contribution in [0.5, 0.6) is 0 Å². The van der Waals surface area contributed by atoms with Crippen LogP contribution in [0, 0.1) is 13.8 Å². The summed E-state index contributed by atoms with van der Waals surface area (Å²) in [7, 11) is 0. The second kappa shape index (κ2) is 5.02. The zero-order valence-electron chi connectivity index (χ0n) is 12.8. The lowest BCUT2D eigenvalue weighted by molar-refractivity contribution is 0.277. The minimum Gasteiger partial charge on any atom is -0.461 e. The molecule has 0 aliphatic carbocycles. The average Bonchev–Trinajstić information content (AvgIpc) is 2.86. The Morgan fingerprint density at radius 1 is 0.870 bits per heavy atom. The zero-order chi connectivity index (χ0) is 16.0. The molecule has 0 saturated heterocycles. The van der Waals surface area contributed by atoms with Crippen LogP contribution < -0.4 is 5.55 Å². The Hall–Kier alpha value is -3.01. The first kappa shape index (κ1) is 13.6. The molecule has 114 valence electrons. The summed E-state index contributed by atoms with van der Waals surface area (Å²) in [4.78, 5) is 0. The highest BCUT2D eigenvalue weighted by Gasteiger charge is 2.13. The number of nitrogens with zero attached hydrogens (tertiary/aromatic N) is 1. The number of rotatable bonds is 1. The first-order chi connectivity index (χ1) is 11.2. The van der Waals surface area contributed by atoms with Crippen LogP contribution in [-0.4, -0.2) is 5.21 Å². The minimum atomic E-state index is 0.163. The summed E-state index contributed by atoms with van der Waals surface area (Å²) in [6.45, 7) is 3.99. The summed E-state index contributed by atoms with van der Waals surface area (Å²) >= 11 is 0. The lowest BCUT2D eigenvalue weighted by Gasteiger charge is -2.06. The van der Waals surface area contributed by atoms with Crippen molar-refractivity contribution in [1.29, 1.82) is 0 Å². The van der Waals surface area contributed by atoms with Crippen LogP contribution in [0.25, 0.3) is 33.1 Å². The van der Waals surface area contributed by atoms with E-state index in [4.69, 9.17) is 14.0 Å². The molecule has 0 bridgehead atoms. The molecule has 0 amide bonds. The topological polar surface area (TPSA) is 58.9 Å². The van der Waals surface area contributed by atoms with E-state index in [-0.39, 0.29) is 5.55 Å². The molecule has 0 aliphatic rings. The molecule has 2 aromatic heterocycles. The van der Waals surface area contributed by atoms with E-state index in [0.717, 1.165) is 38.8 Å². The van der Waals surface area contributed by atoms with E-state index in [1.165, 1.54) is 0 Å². The summed E-state index contributed by atoms with van der Waals surface area (Å²) in [6.07, 6.45) is 0. The van der Waals surface area contributed by atoms with Gasteiger partial charge in [0, 0.05) is 22.9 Å². The molecule has 4 heteroatoms. The summed E-state index contributed by atoms with van der Waals surface area (Å²) in [5.74, 6) is 0.892. The highest BCUT2D eigenvalue weighted by Crippen LogP contribution is 2.33. The molecule has 0 aliphatic heterocycles. The smallest absolute Gasteiger partial charge is 0.256 e. The highest BCUT2D eigenvalue weighted by molar-refractivity contribution is 6.02. The van der Waals surface area contributed by atoms with Gasteiger partial charge in [0.25, 0.3) is 5.55 Å². The molecule has 0 radical (unpaired) electrons. The lowest BCUT2D eigenvalue weighted by Crippen LogP contribution is -2.01. The van der Waals surface area contributed by atoms with Gasteiger partial charge in [-0.25, -0.2) is 0 Å². The van der Waals surface area contributed by atoms with Gasteiger partial charge in [-0.2, -0.15) is 0 Å². The Labute approximate surface area is 132 Å². The molecule has 2 aromatic carbocycles. The van der Waals surface area contributed by atoms with Gasteiger partial charge in [-0.15, -0.1) is 0 Å². The predicted molar refractivity (Wildman–Crippen MR) is 88.2 cm³/mol. The second-order valence-electron chi connectivity index (χ2n) is 5.59. The first-order valence-corrected chi connectivity index (χ1v) is 7.38. The van der Waals surface area contributed by atoms with Crippen molar-refractivity contribution in [3.05, 3.63) is 65.4 Å². The van der Waals surface area contributed by atoms with Crippen molar-refractivity contribution < 1.29 is 14.0 Å². The van der Waals surface area contributed by atoms with Crippen molar-refractivity contribution in [2.75, 3.05) is 0 Å². The third-order valence-corrected chi connectivity index (χ3v) is 4.23. The van der Waals surface area contributed by atoms with Gasteiger partial charge >= 0.3 is 0 Å². The van der Waals surface area contributed by atoms with E-state index in [0.29, 0.717) is 5.58 Å². The molecular formula is C19H15NO3. The van der Waals surface area contributed by atoms with Crippen molar-refractivity contribution in [2.24, 2.45) is 5.16 Å². The summed E-state index contributed by atoms with van der Waals surface area (Å²) in [5, 5.41) is 14.4. The number of aryl methyl sites for hydroxylation is 2. The van der Waals surface area contributed by atoms with Crippen molar-refractivity contribution in [3.63, 3.8) is 0 Å². The zero-order valence-corrected chi connectivity index (χ0v) is 12.8. The normalized spacial score (nSPS) is 12.3. The molecule has 4 rings (SSSR count). The van der Waals surface area contributed by atoms with Crippen LogP contribution in [0.2, 0.25) is 0 Å². The van der Waals surface area contributed by atoms with Gasteiger partial charge in [-0.05, 0) is 41.8 Å². The fraction of sp³-hybridized carbons (Fsp3) is 0.105. The summed E-state index contributed by atoms with van der Waals surface area (Å²) < 4.78 is 11.4. The number of hydrogen-bond acceptors (Lipinski definition) is 4. The van der Waals surface area contributed by atoms with Gasteiger partial charge in [-0.3, -0.25) is 0 Å². The van der Waals surface area contributed by atoms with Gasteiger partial charge in [0.1, 0.15) is 16.9 Å². The van der Waals surface area contributed by atoms with E-state index in [9.17, 15) is 0 Å². The number of furan rings is 1. The van der Waals surface area contributed by atoms with E-state index >= 15 is 0 Å². The average molecular weight is 305 g/mol. The molecule has 4 aromatic rings. The summed E-state index contributed by atoms with van der Waals surface area (Å²) in [6, 6.07) is 15.6. The molecule has 1 N–H and O–H groups in total. The molecule has 0 saturated carbocycles. The van der Waals surface area contributed by atoms with Crippen LogP contribution >= 0.6 is 0 Å². The molecule has 0 atom stereocenters. The largest absolute Gasteiger partial charge is 0.461 e. The SMILES string of the molecule is Cc1oc2cc3oc(=NO)cc(-c4ccccc4)c3cc2c1C. The maximum atomic E-state index is 9.14. The number of benzene rings is 2. The molecule has 0 spiro atoms. The molecule has 4 nitrogen and oxygen atoms in total. The monoisotopic (exact) mass is 305 g/mol. The van der Waals surface area contributed by atoms with Crippen molar-refractivity contribution >= 4 is 21.9 Å². The van der Waals surface area contributed by atoms with Gasteiger partial charge in [-0.1, -0.05) is 30.3 Å². The third-order valence-electron chi connectivity index (χ3n) is 4.23. The fourth-order valence-electron chi connectivity index (χ4n) is 2.91. The van der Waals surface area contributed by atoms with Crippen LogP contribution in [0.3, 0.4) is 0 Å².